The molecule has 2 heterocycles. The minimum absolute atomic E-state index is 0.0423. The number of rotatable bonds is 3. The van der Waals surface area contributed by atoms with Crippen molar-refractivity contribution in [3.63, 3.8) is 0 Å². The summed E-state index contributed by atoms with van der Waals surface area (Å²) in [5.74, 6) is 0.685. The zero-order chi connectivity index (χ0) is 10.7. The molecule has 0 spiro atoms. The van der Waals surface area contributed by atoms with E-state index in [0.717, 1.165) is 19.6 Å². The molecule has 0 aromatic carbocycles. The summed E-state index contributed by atoms with van der Waals surface area (Å²) in [5.41, 5.74) is -0.0423. The van der Waals surface area contributed by atoms with E-state index >= 15 is 0 Å². The first-order valence-electron chi connectivity index (χ1n) is 6.19. The summed E-state index contributed by atoms with van der Waals surface area (Å²) in [6.45, 7) is 4.34. The summed E-state index contributed by atoms with van der Waals surface area (Å²) in [7, 11) is 0. The Kier molecular flexibility index (Phi) is 3.65. The van der Waals surface area contributed by atoms with Gasteiger partial charge in [0, 0.05) is 12.1 Å². The first-order chi connectivity index (χ1) is 7.22. The average molecular weight is 213 g/mol. The highest BCUT2D eigenvalue weighted by Gasteiger charge is 2.35. The summed E-state index contributed by atoms with van der Waals surface area (Å²) in [6, 6.07) is 0. The van der Waals surface area contributed by atoms with Crippen LogP contribution in [0.25, 0.3) is 0 Å². The highest BCUT2D eigenvalue weighted by Crippen LogP contribution is 2.29. The summed E-state index contributed by atoms with van der Waals surface area (Å²) in [5, 5.41) is 12.7. The monoisotopic (exact) mass is 213 g/mol. The van der Waals surface area contributed by atoms with Gasteiger partial charge in [-0.15, -0.1) is 0 Å². The molecule has 0 aromatic heterocycles. The average Bonchev–Trinajstić information content (AvgIpc) is 2.63. The zero-order valence-corrected chi connectivity index (χ0v) is 9.67. The van der Waals surface area contributed by atoms with Gasteiger partial charge in [0.05, 0.1) is 12.7 Å². The SMILES string of the molecule is CC1(CO)CC(CC2CCCCO2)CN1. The van der Waals surface area contributed by atoms with E-state index in [1.54, 1.807) is 0 Å². The number of hydrogen-bond acceptors (Lipinski definition) is 3. The lowest BCUT2D eigenvalue weighted by atomic mass is 9.90. The van der Waals surface area contributed by atoms with Gasteiger partial charge in [-0.3, -0.25) is 0 Å². The van der Waals surface area contributed by atoms with Crippen molar-refractivity contribution < 1.29 is 9.84 Å². The molecule has 88 valence electrons. The maximum absolute atomic E-state index is 9.26. The Labute approximate surface area is 92.2 Å². The van der Waals surface area contributed by atoms with Crippen LogP contribution in [0.15, 0.2) is 0 Å². The molecule has 2 aliphatic rings. The number of nitrogens with one attached hydrogen (secondary N) is 1. The van der Waals surface area contributed by atoms with Gasteiger partial charge >= 0.3 is 0 Å². The second kappa shape index (κ2) is 4.81. The zero-order valence-electron chi connectivity index (χ0n) is 9.67. The quantitative estimate of drug-likeness (QED) is 0.742. The van der Waals surface area contributed by atoms with Gasteiger partial charge in [-0.05, 0) is 51.5 Å². The number of aliphatic hydroxyl groups excluding tert-OH is 1. The van der Waals surface area contributed by atoms with Crippen LogP contribution in [-0.2, 0) is 4.74 Å². The summed E-state index contributed by atoms with van der Waals surface area (Å²) < 4.78 is 5.75. The van der Waals surface area contributed by atoms with Crippen LogP contribution in [0.3, 0.4) is 0 Å². The predicted molar refractivity (Wildman–Crippen MR) is 59.8 cm³/mol. The fraction of sp³-hybridized carbons (Fsp3) is 1.00. The molecule has 2 aliphatic heterocycles. The van der Waals surface area contributed by atoms with Crippen LogP contribution in [0, 0.1) is 5.92 Å². The van der Waals surface area contributed by atoms with E-state index in [2.05, 4.69) is 12.2 Å². The minimum atomic E-state index is -0.0423. The van der Waals surface area contributed by atoms with Gasteiger partial charge in [-0.1, -0.05) is 0 Å². The third-order valence-electron chi connectivity index (χ3n) is 3.78. The minimum Gasteiger partial charge on any atom is -0.394 e. The Hall–Kier alpha value is -0.120. The van der Waals surface area contributed by atoms with Gasteiger partial charge in [0.25, 0.3) is 0 Å². The standard InChI is InChI=1S/C12H23NO2/c1-12(9-14)7-10(8-13-12)6-11-4-2-3-5-15-11/h10-11,13-14H,2-9H2,1H3. The van der Waals surface area contributed by atoms with Gasteiger partial charge in [-0.2, -0.15) is 0 Å². The van der Waals surface area contributed by atoms with Gasteiger partial charge in [0.1, 0.15) is 0 Å². The van der Waals surface area contributed by atoms with Crippen LogP contribution in [0.4, 0.5) is 0 Å². The van der Waals surface area contributed by atoms with Gasteiger partial charge in [0.15, 0.2) is 0 Å². The number of aliphatic hydroxyl groups is 1. The van der Waals surface area contributed by atoms with E-state index in [-0.39, 0.29) is 12.1 Å². The number of hydrogen-bond donors (Lipinski definition) is 2. The molecule has 0 saturated carbocycles. The lowest BCUT2D eigenvalue weighted by Gasteiger charge is -2.25. The third kappa shape index (κ3) is 2.92. The summed E-state index contributed by atoms with van der Waals surface area (Å²) in [4.78, 5) is 0. The van der Waals surface area contributed by atoms with E-state index in [1.165, 1.54) is 25.7 Å². The van der Waals surface area contributed by atoms with Crippen molar-refractivity contribution in [2.45, 2.75) is 50.7 Å². The van der Waals surface area contributed by atoms with Crippen LogP contribution in [0.1, 0.15) is 39.0 Å². The lowest BCUT2D eigenvalue weighted by molar-refractivity contribution is 0.00226. The molecule has 0 radical (unpaired) electrons. The molecule has 0 aliphatic carbocycles. The molecule has 2 rings (SSSR count). The van der Waals surface area contributed by atoms with E-state index in [9.17, 15) is 5.11 Å². The first-order valence-corrected chi connectivity index (χ1v) is 6.19. The van der Waals surface area contributed by atoms with Gasteiger partial charge < -0.3 is 15.2 Å². The van der Waals surface area contributed by atoms with E-state index in [4.69, 9.17) is 4.74 Å². The molecule has 15 heavy (non-hydrogen) atoms. The van der Waals surface area contributed by atoms with E-state index < -0.39 is 0 Å². The topological polar surface area (TPSA) is 41.5 Å². The Balaban J connectivity index is 1.76. The van der Waals surface area contributed by atoms with E-state index in [0.29, 0.717) is 12.0 Å². The Morgan fingerprint density at radius 3 is 2.93 bits per heavy atom. The highest BCUT2D eigenvalue weighted by molar-refractivity contribution is 4.93. The van der Waals surface area contributed by atoms with Crippen molar-refractivity contribution in [2.75, 3.05) is 19.8 Å². The molecule has 3 heteroatoms. The summed E-state index contributed by atoms with van der Waals surface area (Å²) in [6.07, 6.45) is 6.51. The van der Waals surface area contributed by atoms with Crippen LogP contribution in [-0.4, -0.2) is 36.5 Å². The maximum Gasteiger partial charge on any atom is 0.0610 e. The highest BCUT2D eigenvalue weighted by atomic mass is 16.5. The Morgan fingerprint density at radius 2 is 2.33 bits per heavy atom. The largest absolute Gasteiger partial charge is 0.394 e. The number of ether oxygens (including phenoxy) is 1. The van der Waals surface area contributed by atoms with Crippen LogP contribution >= 0.6 is 0 Å². The molecule has 2 fully saturated rings. The predicted octanol–water partition coefficient (Wildman–Crippen LogP) is 1.31. The van der Waals surface area contributed by atoms with Gasteiger partial charge in [0.2, 0.25) is 0 Å². The van der Waals surface area contributed by atoms with E-state index in [1.807, 2.05) is 0 Å². The molecule has 0 amide bonds. The normalized spacial score (nSPS) is 42.0. The Bertz CT molecular complexity index is 204. The molecule has 2 saturated heterocycles. The van der Waals surface area contributed by atoms with Gasteiger partial charge in [-0.25, -0.2) is 0 Å². The molecular formula is C12H23NO2. The third-order valence-corrected chi connectivity index (χ3v) is 3.78. The molecule has 3 atom stereocenters. The van der Waals surface area contributed by atoms with Crippen molar-refractivity contribution in [3.05, 3.63) is 0 Å². The molecule has 0 aromatic rings. The fourth-order valence-corrected chi connectivity index (χ4v) is 2.82. The fourth-order valence-electron chi connectivity index (χ4n) is 2.82. The lowest BCUT2D eigenvalue weighted by Crippen LogP contribution is -2.39. The second-order valence-corrected chi connectivity index (χ2v) is 5.39. The van der Waals surface area contributed by atoms with Crippen molar-refractivity contribution in [3.8, 4) is 0 Å². The molecule has 0 bridgehead atoms. The van der Waals surface area contributed by atoms with Crippen LogP contribution < -0.4 is 5.32 Å². The van der Waals surface area contributed by atoms with Crippen LogP contribution in [0.5, 0.6) is 0 Å². The van der Waals surface area contributed by atoms with Crippen molar-refractivity contribution in [2.24, 2.45) is 5.92 Å². The molecule has 2 N–H and O–H groups in total. The maximum atomic E-state index is 9.26. The molecule has 3 nitrogen and oxygen atoms in total. The smallest absolute Gasteiger partial charge is 0.0610 e. The van der Waals surface area contributed by atoms with Crippen molar-refractivity contribution in [1.82, 2.24) is 5.32 Å². The van der Waals surface area contributed by atoms with Crippen molar-refractivity contribution in [1.29, 1.82) is 0 Å². The Morgan fingerprint density at radius 1 is 1.47 bits per heavy atom. The molecule has 3 unspecified atom stereocenters. The van der Waals surface area contributed by atoms with Crippen molar-refractivity contribution >= 4 is 0 Å². The van der Waals surface area contributed by atoms with Crippen LogP contribution in [0.2, 0.25) is 0 Å². The summed E-state index contributed by atoms with van der Waals surface area (Å²) >= 11 is 0. The second-order valence-electron chi connectivity index (χ2n) is 5.39. The molecular weight excluding hydrogens is 190 g/mol. The first kappa shape index (κ1) is 11.4.